The van der Waals surface area contributed by atoms with E-state index in [4.69, 9.17) is 9.15 Å². The van der Waals surface area contributed by atoms with Crippen LogP contribution < -0.4 is 20.8 Å². The fraction of sp³-hybridized carbons (Fsp3) is 0.312. The topological polar surface area (TPSA) is 109 Å². The summed E-state index contributed by atoms with van der Waals surface area (Å²) >= 11 is 0. The summed E-state index contributed by atoms with van der Waals surface area (Å²) < 4.78 is 10.7. The van der Waals surface area contributed by atoms with Gasteiger partial charge in [-0.25, -0.2) is 4.79 Å². The molecule has 7 nitrogen and oxygen atoms in total. The number of benzene rings is 1. The molecule has 1 heterocycles. The summed E-state index contributed by atoms with van der Waals surface area (Å²) in [5.74, 6) is -1.59. The van der Waals surface area contributed by atoms with Crippen LogP contribution in [0.3, 0.4) is 0 Å². The molecule has 0 spiro atoms. The molecule has 1 aromatic carbocycles. The molecule has 2 aromatic rings. The zero-order chi connectivity index (χ0) is 17.1. The van der Waals surface area contributed by atoms with E-state index in [9.17, 15) is 19.5 Å². The Labute approximate surface area is 131 Å². The van der Waals surface area contributed by atoms with Crippen molar-refractivity contribution < 1.29 is 23.8 Å². The van der Waals surface area contributed by atoms with Gasteiger partial charge in [0.1, 0.15) is 11.3 Å². The number of carboxylic acid groups (broad SMARTS) is 1. The molecule has 1 aromatic heterocycles. The van der Waals surface area contributed by atoms with Crippen LogP contribution in [0.4, 0.5) is 0 Å². The molecule has 0 fully saturated rings. The van der Waals surface area contributed by atoms with E-state index >= 15 is 0 Å². The first-order valence-electron chi connectivity index (χ1n) is 6.94. The molecular weight excluding hydrogens is 302 g/mol. The summed E-state index contributed by atoms with van der Waals surface area (Å²) in [7, 11) is 0. The summed E-state index contributed by atoms with van der Waals surface area (Å²) in [6.45, 7) is 4.32. The number of rotatable bonds is 5. The lowest BCUT2D eigenvalue weighted by molar-refractivity contribution is -0.304. The van der Waals surface area contributed by atoms with Crippen LogP contribution in [0.1, 0.15) is 16.7 Å². The number of nitrogens with one attached hydrogen (secondary N) is 1. The van der Waals surface area contributed by atoms with Gasteiger partial charge in [-0.3, -0.25) is 4.79 Å². The van der Waals surface area contributed by atoms with Crippen LogP contribution in [0, 0.1) is 20.8 Å². The number of carbonyl (C=O) groups is 2. The fourth-order valence-corrected chi connectivity index (χ4v) is 2.15. The number of amides is 1. The maximum Gasteiger partial charge on any atom is 0.339 e. The van der Waals surface area contributed by atoms with Crippen molar-refractivity contribution in [1.29, 1.82) is 0 Å². The number of aryl methyl sites for hydroxylation is 2. The highest BCUT2D eigenvalue weighted by molar-refractivity contribution is 5.86. The zero-order valence-corrected chi connectivity index (χ0v) is 13.0. The lowest BCUT2D eigenvalue weighted by Crippen LogP contribution is -2.39. The first-order valence-corrected chi connectivity index (χ1v) is 6.94. The quantitative estimate of drug-likeness (QED) is 0.775. The predicted octanol–water partition coefficient (Wildman–Crippen LogP) is -0.0368. The largest absolute Gasteiger partial charge is 0.548 e. The Bertz CT molecular complexity index is 837. The van der Waals surface area contributed by atoms with Crippen molar-refractivity contribution in [2.75, 3.05) is 13.2 Å². The van der Waals surface area contributed by atoms with Gasteiger partial charge in [0.05, 0.1) is 12.5 Å². The highest BCUT2D eigenvalue weighted by Crippen LogP contribution is 2.29. The van der Waals surface area contributed by atoms with E-state index in [1.807, 2.05) is 6.92 Å². The van der Waals surface area contributed by atoms with Gasteiger partial charge in [-0.05, 0) is 38.5 Å². The van der Waals surface area contributed by atoms with Crippen molar-refractivity contribution in [2.24, 2.45) is 0 Å². The molecule has 0 atom stereocenters. The lowest BCUT2D eigenvalue weighted by atomic mass is 10.0. The number of carboxylic acids is 1. The number of hydrogen-bond acceptors (Lipinski definition) is 6. The van der Waals surface area contributed by atoms with Gasteiger partial charge in [-0.15, -0.1) is 0 Å². The molecule has 1 N–H and O–H groups in total. The monoisotopic (exact) mass is 318 g/mol. The van der Waals surface area contributed by atoms with E-state index in [1.54, 1.807) is 26.0 Å². The van der Waals surface area contributed by atoms with Crippen LogP contribution in [-0.2, 0) is 9.59 Å². The Morgan fingerprint density at radius 2 is 1.87 bits per heavy atom. The Hall–Kier alpha value is -2.83. The third-order valence-corrected chi connectivity index (χ3v) is 3.61. The molecule has 0 saturated heterocycles. The minimum Gasteiger partial charge on any atom is -0.548 e. The Morgan fingerprint density at radius 3 is 2.52 bits per heavy atom. The van der Waals surface area contributed by atoms with Crippen molar-refractivity contribution in [3.8, 4) is 5.75 Å². The van der Waals surface area contributed by atoms with Crippen LogP contribution in [0.15, 0.2) is 21.3 Å². The van der Waals surface area contributed by atoms with Gasteiger partial charge in [-0.2, -0.15) is 0 Å². The number of ether oxygens (including phenoxy) is 1. The SMILES string of the molecule is Cc1c(C)c2ccc(OCC(=O)NCC(=O)[O-])c(C)c2oc1=O. The number of carbonyl (C=O) groups excluding carboxylic acids is 2. The molecular formula is C16H16NO6-. The van der Waals surface area contributed by atoms with Crippen molar-refractivity contribution >= 4 is 22.8 Å². The average molecular weight is 318 g/mol. The Kier molecular flexibility index (Phi) is 4.68. The van der Waals surface area contributed by atoms with E-state index in [1.165, 1.54) is 0 Å². The van der Waals surface area contributed by atoms with Gasteiger partial charge in [0.25, 0.3) is 5.91 Å². The van der Waals surface area contributed by atoms with Crippen molar-refractivity contribution in [3.05, 3.63) is 39.2 Å². The maximum atomic E-state index is 11.8. The van der Waals surface area contributed by atoms with Gasteiger partial charge in [0.2, 0.25) is 0 Å². The highest BCUT2D eigenvalue weighted by atomic mass is 16.5. The van der Waals surface area contributed by atoms with E-state index in [0.29, 0.717) is 22.5 Å². The second-order valence-corrected chi connectivity index (χ2v) is 5.14. The molecule has 0 aliphatic carbocycles. The Balaban J connectivity index is 2.25. The van der Waals surface area contributed by atoms with Gasteiger partial charge < -0.3 is 24.4 Å². The highest BCUT2D eigenvalue weighted by Gasteiger charge is 2.13. The minimum atomic E-state index is -1.38. The molecule has 0 unspecified atom stereocenters. The second-order valence-electron chi connectivity index (χ2n) is 5.14. The minimum absolute atomic E-state index is 0.352. The molecule has 7 heteroatoms. The summed E-state index contributed by atoms with van der Waals surface area (Å²) in [5.41, 5.74) is 1.97. The van der Waals surface area contributed by atoms with Crippen LogP contribution in [-0.4, -0.2) is 25.0 Å². The van der Waals surface area contributed by atoms with Crippen molar-refractivity contribution in [2.45, 2.75) is 20.8 Å². The van der Waals surface area contributed by atoms with E-state index < -0.39 is 24.0 Å². The maximum absolute atomic E-state index is 11.8. The number of fused-ring (bicyclic) bond motifs is 1. The summed E-state index contributed by atoms with van der Waals surface area (Å²) in [5, 5.41) is 13.2. The number of hydrogen-bond donors (Lipinski definition) is 1. The zero-order valence-electron chi connectivity index (χ0n) is 13.0. The molecule has 122 valence electrons. The molecule has 23 heavy (non-hydrogen) atoms. The first kappa shape index (κ1) is 16.5. The molecule has 0 saturated carbocycles. The smallest absolute Gasteiger partial charge is 0.339 e. The molecule has 0 aliphatic heterocycles. The molecule has 0 bridgehead atoms. The van der Waals surface area contributed by atoms with Gasteiger partial charge in [0, 0.05) is 16.5 Å². The van der Waals surface area contributed by atoms with Crippen molar-refractivity contribution in [1.82, 2.24) is 5.32 Å². The third kappa shape index (κ3) is 3.50. The van der Waals surface area contributed by atoms with E-state index in [0.717, 1.165) is 10.9 Å². The molecule has 0 radical (unpaired) electrons. The third-order valence-electron chi connectivity index (χ3n) is 3.61. The molecule has 0 aliphatic rings. The van der Waals surface area contributed by atoms with Crippen molar-refractivity contribution in [3.63, 3.8) is 0 Å². The standard InChI is InChI=1S/C16H17NO6/c1-8-9(2)16(21)23-15-10(3)12(5-4-11(8)15)22-7-13(18)17-6-14(19)20/h4-5H,6-7H2,1-3H3,(H,17,18)(H,19,20)/p-1. The normalized spacial score (nSPS) is 10.6. The summed E-state index contributed by atoms with van der Waals surface area (Å²) in [4.78, 5) is 33.5. The van der Waals surface area contributed by atoms with Crippen LogP contribution >= 0.6 is 0 Å². The van der Waals surface area contributed by atoms with Gasteiger partial charge in [-0.1, -0.05) is 0 Å². The fourth-order valence-electron chi connectivity index (χ4n) is 2.15. The van der Waals surface area contributed by atoms with Crippen LogP contribution in [0.5, 0.6) is 5.75 Å². The van der Waals surface area contributed by atoms with Crippen LogP contribution in [0.25, 0.3) is 11.0 Å². The Morgan fingerprint density at radius 1 is 1.17 bits per heavy atom. The lowest BCUT2D eigenvalue weighted by Gasteiger charge is -2.12. The number of aliphatic carboxylic acids is 1. The van der Waals surface area contributed by atoms with E-state index in [2.05, 4.69) is 5.32 Å². The molecule has 1 amide bonds. The summed E-state index contributed by atoms with van der Waals surface area (Å²) in [6.07, 6.45) is 0. The second kappa shape index (κ2) is 6.51. The van der Waals surface area contributed by atoms with Crippen LogP contribution in [0.2, 0.25) is 0 Å². The predicted molar refractivity (Wildman–Crippen MR) is 80.2 cm³/mol. The first-order chi connectivity index (χ1) is 10.8. The van der Waals surface area contributed by atoms with Gasteiger partial charge in [0.15, 0.2) is 6.61 Å². The van der Waals surface area contributed by atoms with Gasteiger partial charge >= 0.3 is 5.63 Å². The average Bonchev–Trinajstić information content (AvgIpc) is 2.50. The summed E-state index contributed by atoms with van der Waals surface area (Å²) in [6, 6.07) is 3.43. The van der Waals surface area contributed by atoms with E-state index in [-0.39, 0.29) is 6.61 Å². The molecule has 2 rings (SSSR count).